The maximum Gasteiger partial charge on any atom is 0.176 e. The molecule has 0 saturated carbocycles. The third-order valence-electron chi connectivity index (χ3n) is 3.74. The molecular formula is C16H23NO3. The number of Topliss-reactive ketones (excluding diaryl/α,β-unsaturated/α-hetero) is 1. The number of ketones is 1. The Morgan fingerprint density at radius 2 is 1.95 bits per heavy atom. The Bertz CT molecular complexity index is 424. The first-order valence-electron chi connectivity index (χ1n) is 7.12. The van der Waals surface area contributed by atoms with Crippen molar-refractivity contribution < 1.29 is 14.3 Å². The molecule has 0 aromatic heterocycles. The molecule has 0 amide bonds. The normalized spacial score (nSPS) is 16.4. The van der Waals surface area contributed by atoms with Crippen molar-refractivity contribution in [2.45, 2.75) is 12.8 Å². The zero-order valence-corrected chi connectivity index (χ0v) is 12.3. The first-order chi connectivity index (χ1) is 9.69. The van der Waals surface area contributed by atoms with Gasteiger partial charge in [0, 0.05) is 25.3 Å². The fourth-order valence-electron chi connectivity index (χ4n) is 2.55. The number of benzene rings is 1. The van der Waals surface area contributed by atoms with Crippen LogP contribution in [0.25, 0.3) is 0 Å². The van der Waals surface area contributed by atoms with E-state index < -0.39 is 0 Å². The van der Waals surface area contributed by atoms with Crippen LogP contribution in [0.5, 0.6) is 5.75 Å². The van der Waals surface area contributed by atoms with Crippen LogP contribution in [0.15, 0.2) is 24.3 Å². The molecule has 110 valence electrons. The SMILES string of the molecule is COc1ccc(C(=O)CN(C)CC2CCOCC2)cc1. The third-order valence-corrected chi connectivity index (χ3v) is 3.74. The number of hydrogen-bond acceptors (Lipinski definition) is 4. The molecule has 1 aliphatic rings. The molecule has 1 aromatic carbocycles. The molecule has 2 rings (SSSR count). The summed E-state index contributed by atoms with van der Waals surface area (Å²) in [5.74, 6) is 1.58. The van der Waals surface area contributed by atoms with Crippen molar-refractivity contribution in [2.75, 3.05) is 40.5 Å². The molecule has 0 aliphatic carbocycles. The van der Waals surface area contributed by atoms with Crippen molar-refractivity contribution in [3.63, 3.8) is 0 Å². The first-order valence-corrected chi connectivity index (χ1v) is 7.12. The number of carbonyl (C=O) groups is 1. The summed E-state index contributed by atoms with van der Waals surface area (Å²) in [6.07, 6.45) is 2.20. The molecule has 1 saturated heterocycles. The van der Waals surface area contributed by atoms with Gasteiger partial charge in [-0.2, -0.15) is 0 Å². The summed E-state index contributed by atoms with van der Waals surface area (Å²) in [6.45, 7) is 3.13. The van der Waals surface area contributed by atoms with E-state index in [0.717, 1.165) is 43.9 Å². The Morgan fingerprint density at radius 3 is 2.55 bits per heavy atom. The fourth-order valence-corrected chi connectivity index (χ4v) is 2.55. The second kappa shape index (κ2) is 7.41. The molecule has 1 fully saturated rings. The molecule has 1 heterocycles. The monoisotopic (exact) mass is 277 g/mol. The van der Waals surface area contributed by atoms with Crippen molar-refractivity contribution in [1.29, 1.82) is 0 Å². The predicted octanol–water partition coefficient (Wildman–Crippen LogP) is 2.24. The van der Waals surface area contributed by atoms with Gasteiger partial charge >= 0.3 is 0 Å². The van der Waals surface area contributed by atoms with Crippen LogP contribution >= 0.6 is 0 Å². The minimum Gasteiger partial charge on any atom is -0.497 e. The van der Waals surface area contributed by atoms with Gasteiger partial charge in [-0.05, 0) is 50.1 Å². The number of methoxy groups -OCH3 is 1. The smallest absolute Gasteiger partial charge is 0.176 e. The first kappa shape index (κ1) is 15.0. The Labute approximate surface area is 120 Å². The van der Waals surface area contributed by atoms with Crippen molar-refractivity contribution in [3.05, 3.63) is 29.8 Å². The summed E-state index contributed by atoms with van der Waals surface area (Å²) in [5, 5.41) is 0. The van der Waals surface area contributed by atoms with Crippen LogP contribution in [0.4, 0.5) is 0 Å². The minimum absolute atomic E-state index is 0.155. The summed E-state index contributed by atoms with van der Waals surface area (Å²) in [6, 6.07) is 7.30. The number of ether oxygens (including phenoxy) is 2. The van der Waals surface area contributed by atoms with Gasteiger partial charge in [0.1, 0.15) is 5.75 Å². The maximum absolute atomic E-state index is 12.2. The van der Waals surface area contributed by atoms with Crippen LogP contribution in [-0.2, 0) is 4.74 Å². The van der Waals surface area contributed by atoms with E-state index in [4.69, 9.17) is 9.47 Å². The van der Waals surface area contributed by atoms with E-state index in [1.54, 1.807) is 7.11 Å². The van der Waals surface area contributed by atoms with E-state index in [1.807, 2.05) is 31.3 Å². The molecule has 0 bridgehead atoms. The summed E-state index contributed by atoms with van der Waals surface area (Å²) in [7, 11) is 3.63. The van der Waals surface area contributed by atoms with E-state index in [0.29, 0.717) is 12.5 Å². The van der Waals surface area contributed by atoms with Crippen LogP contribution in [0.3, 0.4) is 0 Å². The third kappa shape index (κ3) is 4.32. The van der Waals surface area contributed by atoms with Gasteiger partial charge in [-0.25, -0.2) is 0 Å². The van der Waals surface area contributed by atoms with Gasteiger partial charge in [0.15, 0.2) is 5.78 Å². The Morgan fingerprint density at radius 1 is 1.30 bits per heavy atom. The Balaban J connectivity index is 1.82. The number of rotatable bonds is 6. The van der Waals surface area contributed by atoms with E-state index in [-0.39, 0.29) is 5.78 Å². The molecule has 1 aliphatic heterocycles. The van der Waals surface area contributed by atoms with Crippen LogP contribution in [0.1, 0.15) is 23.2 Å². The van der Waals surface area contributed by atoms with Crippen LogP contribution in [0.2, 0.25) is 0 Å². The number of nitrogens with zero attached hydrogens (tertiary/aromatic N) is 1. The predicted molar refractivity (Wildman–Crippen MR) is 78.4 cm³/mol. The van der Waals surface area contributed by atoms with E-state index in [1.165, 1.54) is 0 Å². The molecule has 1 aromatic rings. The van der Waals surface area contributed by atoms with Crippen molar-refractivity contribution in [1.82, 2.24) is 4.90 Å². The zero-order valence-electron chi connectivity index (χ0n) is 12.3. The molecule has 4 nitrogen and oxygen atoms in total. The van der Waals surface area contributed by atoms with Crippen molar-refractivity contribution in [3.8, 4) is 5.75 Å². The van der Waals surface area contributed by atoms with E-state index >= 15 is 0 Å². The number of hydrogen-bond donors (Lipinski definition) is 0. The lowest BCUT2D eigenvalue weighted by molar-refractivity contribution is 0.0549. The fraction of sp³-hybridized carbons (Fsp3) is 0.562. The lowest BCUT2D eigenvalue weighted by Gasteiger charge is -2.26. The molecule has 0 atom stereocenters. The summed E-state index contributed by atoms with van der Waals surface area (Å²) >= 11 is 0. The topological polar surface area (TPSA) is 38.8 Å². The van der Waals surface area contributed by atoms with Crippen LogP contribution in [-0.4, -0.2) is 51.1 Å². The average Bonchev–Trinajstić information content (AvgIpc) is 2.48. The molecule has 0 N–H and O–H groups in total. The maximum atomic E-state index is 12.2. The molecule has 0 unspecified atom stereocenters. The van der Waals surface area contributed by atoms with Gasteiger partial charge in [0.05, 0.1) is 13.7 Å². The summed E-state index contributed by atoms with van der Waals surface area (Å²) in [4.78, 5) is 14.3. The Kier molecular flexibility index (Phi) is 5.56. The highest BCUT2D eigenvalue weighted by molar-refractivity contribution is 5.97. The van der Waals surface area contributed by atoms with Gasteiger partial charge in [0.25, 0.3) is 0 Å². The van der Waals surface area contributed by atoms with Gasteiger partial charge in [-0.3, -0.25) is 9.69 Å². The van der Waals surface area contributed by atoms with Crippen LogP contribution in [0, 0.1) is 5.92 Å². The van der Waals surface area contributed by atoms with Gasteiger partial charge in [-0.15, -0.1) is 0 Å². The highest BCUT2D eigenvalue weighted by atomic mass is 16.5. The molecule has 0 spiro atoms. The van der Waals surface area contributed by atoms with Gasteiger partial charge in [-0.1, -0.05) is 0 Å². The van der Waals surface area contributed by atoms with Crippen molar-refractivity contribution in [2.24, 2.45) is 5.92 Å². The van der Waals surface area contributed by atoms with Crippen molar-refractivity contribution >= 4 is 5.78 Å². The minimum atomic E-state index is 0.155. The molecule has 0 radical (unpaired) electrons. The van der Waals surface area contributed by atoms with E-state index in [2.05, 4.69) is 4.90 Å². The number of carbonyl (C=O) groups excluding carboxylic acids is 1. The second-order valence-electron chi connectivity index (χ2n) is 5.40. The van der Waals surface area contributed by atoms with E-state index in [9.17, 15) is 4.79 Å². The molecule has 20 heavy (non-hydrogen) atoms. The largest absolute Gasteiger partial charge is 0.497 e. The lowest BCUT2D eigenvalue weighted by atomic mass is 9.99. The van der Waals surface area contributed by atoms with Gasteiger partial charge in [0.2, 0.25) is 0 Å². The summed E-state index contributed by atoms with van der Waals surface area (Å²) < 4.78 is 10.5. The Hall–Kier alpha value is -1.39. The second-order valence-corrected chi connectivity index (χ2v) is 5.40. The molecule has 4 heteroatoms. The average molecular weight is 277 g/mol. The quantitative estimate of drug-likeness (QED) is 0.748. The van der Waals surface area contributed by atoms with Gasteiger partial charge < -0.3 is 9.47 Å². The standard InChI is InChI=1S/C16H23NO3/c1-17(11-13-7-9-20-10-8-13)12-16(18)14-3-5-15(19-2)6-4-14/h3-6,13H,7-12H2,1-2H3. The summed E-state index contributed by atoms with van der Waals surface area (Å²) in [5.41, 5.74) is 0.740. The molecular weight excluding hydrogens is 254 g/mol. The lowest BCUT2D eigenvalue weighted by Crippen LogP contribution is -2.33. The van der Waals surface area contributed by atoms with Crippen LogP contribution < -0.4 is 4.74 Å². The highest BCUT2D eigenvalue weighted by Crippen LogP contribution is 2.16. The zero-order chi connectivity index (χ0) is 14.4. The number of likely N-dealkylation sites (N-methyl/N-ethyl adjacent to an activating group) is 1. The highest BCUT2D eigenvalue weighted by Gasteiger charge is 2.17.